The fourth-order valence-corrected chi connectivity index (χ4v) is 4.76. The molecule has 0 aliphatic carbocycles. The van der Waals surface area contributed by atoms with Crippen LogP contribution in [0.3, 0.4) is 0 Å². The lowest BCUT2D eigenvalue weighted by atomic mass is 10.0. The standard InChI is InChI=1S/C25H44N3O4S/c1-6-8-10-12-16-22(32-25(29)31-20(3)4)28(5)17-14-15-21(19-28)23-24(27-33-26-23)30-18-13-11-9-7-2/h15,20,22H,6-14,16-19H2,1-5H3/q+1. The Morgan fingerprint density at radius 1 is 1.06 bits per heavy atom. The van der Waals surface area contributed by atoms with Crippen LogP contribution in [0.1, 0.15) is 97.6 Å². The van der Waals surface area contributed by atoms with Gasteiger partial charge in [0, 0.05) is 18.4 Å². The lowest BCUT2D eigenvalue weighted by molar-refractivity contribution is -0.947. The summed E-state index contributed by atoms with van der Waals surface area (Å²) in [6.45, 7) is 10.4. The van der Waals surface area contributed by atoms with Crippen molar-refractivity contribution in [1.82, 2.24) is 8.75 Å². The molecule has 0 saturated heterocycles. The number of unbranched alkanes of at least 4 members (excludes halogenated alkanes) is 6. The zero-order valence-corrected chi connectivity index (χ0v) is 22.1. The van der Waals surface area contributed by atoms with Crippen molar-refractivity contribution in [3.05, 3.63) is 11.8 Å². The van der Waals surface area contributed by atoms with Crippen LogP contribution in [0, 0.1) is 0 Å². The van der Waals surface area contributed by atoms with E-state index in [4.69, 9.17) is 14.2 Å². The number of carbonyl (C=O) groups excluding carboxylic acids is 1. The molecule has 2 rings (SSSR count). The minimum absolute atomic E-state index is 0.196. The van der Waals surface area contributed by atoms with Crippen LogP contribution in [0.2, 0.25) is 0 Å². The highest BCUT2D eigenvalue weighted by Crippen LogP contribution is 2.33. The molecule has 1 aromatic heterocycles. The van der Waals surface area contributed by atoms with E-state index in [1.807, 2.05) is 13.8 Å². The van der Waals surface area contributed by atoms with Crippen LogP contribution < -0.4 is 4.74 Å². The van der Waals surface area contributed by atoms with Crippen molar-refractivity contribution in [2.45, 2.75) is 104 Å². The summed E-state index contributed by atoms with van der Waals surface area (Å²) in [5.74, 6) is 0.635. The van der Waals surface area contributed by atoms with Gasteiger partial charge in [-0.3, -0.25) is 4.48 Å². The van der Waals surface area contributed by atoms with Crippen molar-refractivity contribution >= 4 is 23.5 Å². The molecule has 2 heterocycles. The smallest absolute Gasteiger partial charge is 0.475 e. The minimum Gasteiger partial charge on any atom is -0.475 e. The number of nitrogens with zero attached hydrogens (tertiary/aromatic N) is 3. The van der Waals surface area contributed by atoms with Crippen LogP contribution in [0.15, 0.2) is 6.08 Å². The van der Waals surface area contributed by atoms with E-state index in [0.717, 1.165) is 56.5 Å². The average molecular weight is 483 g/mol. The SMILES string of the molecule is CCCCCCOc1nsnc1C1=CCC[N+](C)(C(CCCCCC)OC(=O)OC(C)C)C1. The van der Waals surface area contributed by atoms with Gasteiger partial charge in [0.1, 0.15) is 12.2 Å². The predicted octanol–water partition coefficient (Wildman–Crippen LogP) is 6.59. The first-order valence-electron chi connectivity index (χ1n) is 12.8. The Morgan fingerprint density at radius 2 is 1.79 bits per heavy atom. The normalized spacial score (nSPS) is 19.3. The fourth-order valence-electron chi connectivity index (χ4n) is 4.23. The molecule has 0 radical (unpaired) electrons. The maximum atomic E-state index is 12.4. The van der Waals surface area contributed by atoms with E-state index in [2.05, 4.69) is 35.7 Å². The molecule has 8 heteroatoms. The van der Waals surface area contributed by atoms with E-state index in [0.29, 0.717) is 17.0 Å². The summed E-state index contributed by atoms with van der Waals surface area (Å²) in [5, 5.41) is 0. The van der Waals surface area contributed by atoms with Crippen LogP contribution in [0.4, 0.5) is 4.79 Å². The van der Waals surface area contributed by atoms with Gasteiger partial charge >= 0.3 is 6.16 Å². The molecule has 0 N–H and O–H groups in total. The summed E-state index contributed by atoms with van der Waals surface area (Å²) in [4.78, 5) is 12.4. The van der Waals surface area contributed by atoms with Crippen LogP contribution in [0.5, 0.6) is 5.88 Å². The second-order valence-corrected chi connectivity index (χ2v) is 10.1. The van der Waals surface area contributed by atoms with Gasteiger partial charge in [-0.25, -0.2) is 4.79 Å². The first-order valence-corrected chi connectivity index (χ1v) is 13.5. The molecule has 1 aliphatic heterocycles. The number of likely N-dealkylation sites (N-methyl/N-ethyl adjacent to an activating group) is 1. The number of ether oxygens (including phenoxy) is 3. The number of hydrogen-bond acceptors (Lipinski definition) is 7. The van der Waals surface area contributed by atoms with Crippen LogP contribution >= 0.6 is 11.7 Å². The van der Waals surface area contributed by atoms with E-state index >= 15 is 0 Å². The Balaban J connectivity index is 2.08. The van der Waals surface area contributed by atoms with E-state index in [9.17, 15) is 4.79 Å². The highest BCUT2D eigenvalue weighted by molar-refractivity contribution is 6.99. The molecule has 33 heavy (non-hydrogen) atoms. The van der Waals surface area contributed by atoms with E-state index in [1.165, 1.54) is 43.8 Å². The van der Waals surface area contributed by atoms with Gasteiger partial charge in [0.05, 0.1) is 38.0 Å². The Kier molecular flexibility index (Phi) is 12.2. The van der Waals surface area contributed by atoms with Crippen molar-refractivity contribution in [2.24, 2.45) is 0 Å². The predicted molar refractivity (Wildman–Crippen MR) is 133 cm³/mol. The summed E-state index contributed by atoms with van der Waals surface area (Å²) in [5.41, 5.74) is 1.97. The van der Waals surface area contributed by atoms with Crippen LogP contribution in [0.25, 0.3) is 5.57 Å². The number of hydrogen-bond donors (Lipinski definition) is 0. The summed E-state index contributed by atoms with van der Waals surface area (Å²) >= 11 is 1.20. The van der Waals surface area contributed by atoms with Gasteiger partial charge in [0.15, 0.2) is 0 Å². The molecule has 7 nitrogen and oxygen atoms in total. The number of quaternary nitrogens is 1. The molecule has 2 unspecified atom stereocenters. The molecular formula is C25H44N3O4S+. The lowest BCUT2D eigenvalue weighted by Gasteiger charge is -2.42. The van der Waals surface area contributed by atoms with Crippen molar-refractivity contribution in [3.8, 4) is 5.88 Å². The molecule has 2 atom stereocenters. The van der Waals surface area contributed by atoms with Gasteiger partial charge < -0.3 is 14.2 Å². The second kappa shape index (κ2) is 14.6. The van der Waals surface area contributed by atoms with Crippen LogP contribution in [-0.2, 0) is 9.47 Å². The third-order valence-corrected chi connectivity index (χ3v) is 6.64. The summed E-state index contributed by atoms with van der Waals surface area (Å²) in [6.07, 6.45) is 12.1. The molecule has 1 aliphatic rings. The maximum absolute atomic E-state index is 12.4. The molecule has 0 fully saturated rings. The van der Waals surface area contributed by atoms with E-state index in [1.54, 1.807) is 0 Å². The highest BCUT2D eigenvalue weighted by atomic mass is 32.1. The maximum Gasteiger partial charge on any atom is 0.513 e. The summed E-state index contributed by atoms with van der Waals surface area (Å²) in [6, 6.07) is 0. The molecule has 0 aromatic carbocycles. The number of rotatable bonds is 15. The minimum atomic E-state index is -0.577. The van der Waals surface area contributed by atoms with Gasteiger partial charge in [-0.05, 0) is 26.7 Å². The molecule has 0 spiro atoms. The van der Waals surface area contributed by atoms with E-state index in [-0.39, 0.29) is 12.3 Å². The topological polar surface area (TPSA) is 70.5 Å². The van der Waals surface area contributed by atoms with Crippen molar-refractivity contribution < 1.29 is 23.5 Å². The zero-order chi connectivity index (χ0) is 24.1. The van der Waals surface area contributed by atoms with E-state index < -0.39 is 6.16 Å². The Labute approximate surface area is 204 Å². The Morgan fingerprint density at radius 3 is 2.48 bits per heavy atom. The van der Waals surface area contributed by atoms with Gasteiger partial charge in [-0.2, -0.15) is 4.37 Å². The zero-order valence-electron chi connectivity index (χ0n) is 21.3. The van der Waals surface area contributed by atoms with Gasteiger partial charge in [0.25, 0.3) is 5.88 Å². The first-order chi connectivity index (χ1) is 15.9. The molecule has 0 amide bonds. The monoisotopic (exact) mass is 482 g/mol. The van der Waals surface area contributed by atoms with Gasteiger partial charge in [-0.1, -0.05) is 58.4 Å². The Hall–Kier alpha value is -1.67. The van der Waals surface area contributed by atoms with Gasteiger partial charge in [-0.15, -0.1) is 4.37 Å². The molecule has 0 bridgehead atoms. The average Bonchev–Trinajstić information content (AvgIpc) is 3.24. The summed E-state index contributed by atoms with van der Waals surface area (Å²) in [7, 11) is 2.17. The quantitative estimate of drug-likeness (QED) is 0.160. The number of aromatic nitrogens is 2. The van der Waals surface area contributed by atoms with Crippen LogP contribution in [-0.4, -0.2) is 58.5 Å². The summed E-state index contributed by atoms with van der Waals surface area (Å²) < 4.78 is 26.8. The van der Waals surface area contributed by atoms with Crippen molar-refractivity contribution in [3.63, 3.8) is 0 Å². The first kappa shape index (κ1) is 27.6. The molecule has 0 saturated carbocycles. The number of carbonyl (C=O) groups is 1. The largest absolute Gasteiger partial charge is 0.513 e. The van der Waals surface area contributed by atoms with Crippen molar-refractivity contribution in [2.75, 3.05) is 26.7 Å². The fraction of sp³-hybridized carbons (Fsp3) is 0.800. The molecule has 188 valence electrons. The third-order valence-electron chi connectivity index (χ3n) is 6.13. The molecule has 1 aromatic rings. The highest BCUT2D eigenvalue weighted by Gasteiger charge is 2.39. The van der Waals surface area contributed by atoms with Crippen molar-refractivity contribution in [1.29, 1.82) is 0 Å². The third kappa shape index (κ3) is 9.24. The Bertz CT molecular complexity index is 737. The molecular weight excluding hydrogens is 438 g/mol. The van der Waals surface area contributed by atoms with Gasteiger partial charge in [0.2, 0.25) is 6.23 Å². The lowest BCUT2D eigenvalue weighted by Crippen LogP contribution is -2.56. The second-order valence-electron chi connectivity index (χ2n) is 9.54.